The largest absolute Gasteiger partial charge is 0.471 e. The number of rotatable bonds is 7. The molecule has 166 valence electrons. The van der Waals surface area contributed by atoms with Crippen LogP contribution >= 0.6 is 0 Å². The molecule has 30 heavy (non-hydrogen) atoms. The van der Waals surface area contributed by atoms with E-state index >= 15 is 0 Å². The molecule has 0 radical (unpaired) electrons. The lowest BCUT2D eigenvalue weighted by molar-refractivity contribution is -0.461. The molecule has 3 heterocycles. The molecule has 1 N–H and O–H groups in total. The van der Waals surface area contributed by atoms with Crippen LogP contribution in [-0.2, 0) is 30.3 Å². The number of amides is 2. The summed E-state index contributed by atoms with van der Waals surface area (Å²) in [6, 6.07) is 7.31. The lowest BCUT2D eigenvalue weighted by atomic mass is 9.92. The number of halogens is 3. The van der Waals surface area contributed by atoms with Gasteiger partial charge in [0.05, 0.1) is 26.4 Å². The number of hydrogen-bond donors (Lipinski definition) is 1. The van der Waals surface area contributed by atoms with E-state index in [0.717, 1.165) is 0 Å². The first-order valence-electron chi connectivity index (χ1n) is 9.62. The Bertz CT molecular complexity index is 747. The second-order valence-electron chi connectivity index (χ2n) is 8.11. The first-order valence-corrected chi connectivity index (χ1v) is 9.62. The van der Waals surface area contributed by atoms with Gasteiger partial charge in [-0.15, -0.1) is 0 Å². The summed E-state index contributed by atoms with van der Waals surface area (Å²) in [5.74, 6) is -3.90. The maximum absolute atomic E-state index is 13.1. The molecule has 3 saturated heterocycles. The van der Waals surface area contributed by atoms with Crippen LogP contribution in [0.1, 0.15) is 25.8 Å². The SMILES string of the molecule is CC(CC(=O)NCC12OCC(C)(CO1)CO2)N(Cc1ccccc1)C(=O)C(F)(F)F. The zero-order valence-electron chi connectivity index (χ0n) is 16.8. The minimum Gasteiger partial charge on any atom is -0.348 e. The van der Waals surface area contributed by atoms with Crippen LogP contribution in [0.25, 0.3) is 0 Å². The minimum atomic E-state index is -5.04. The normalized spacial score (nSPS) is 26.8. The van der Waals surface area contributed by atoms with Gasteiger partial charge < -0.3 is 24.4 Å². The molecule has 10 heteroatoms. The van der Waals surface area contributed by atoms with E-state index in [1.165, 1.54) is 6.92 Å². The van der Waals surface area contributed by atoms with E-state index in [1.54, 1.807) is 30.3 Å². The fourth-order valence-corrected chi connectivity index (χ4v) is 3.28. The summed E-state index contributed by atoms with van der Waals surface area (Å²) in [5.41, 5.74) is 0.305. The van der Waals surface area contributed by atoms with Crippen molar-refractivity contribution < 1.29 is 37.0 Å². The van der Waals surface area contributed by atoms with Crippen LogP contribution in [0.5, 0.6) is 0 Å². The molecule has 3 aliphatic heterocycles. The second-order valence-corrected chi connectivity index (χ2v) is 8.11. The van der Waals surface area contributed by atoms with Crippen molar-refractivity contribution in [3.05, 3.63) is 35.9 Å². The number of nitrogens with zero attached hydrogens (tertiary/aromatic N) is 1. The molecule has 3 fully saturated rings. The predicted molar refractivity (Wildman–Crippen MR) is 98.8 cm³/mol. The van der Waals surface area contributed by atoms with Gasteiger partial charge in [-0.05, 0) is 12.5 Å². The molecule has 1 aromatic carbocycles. The number of fused-ring (bicyclic) bond motifs is 3. The summed E-state index contributed by atoms with van der Waals surface area (Å²) in [5, 5.41) is 2.58. The standard InChI is InChI=1S/C20H25F3N2O5/c1-14(25(17(27)20(21,22)23)9-15-6-4-3-5-7-15)8-16(26)24-10-19-28-11-18(2,12-29-19)13-30-19/h3-7,14H,8-13H2,1-2H3,(H,24,26). The highest BCUT2D eigenvalue weighted by atomic mass is 19.4. The molecule has 1 unspecified atom stereocenters. The average Bonchev–Trinajstić information content (AvgIpc) is 2.71. The van der Waals surface area contributed by atoms with Crippen LogP contribution in [0.3, 0.4) is 0 Å². The average molecular weight is 430 g/mol. The van der Waals surface area contributed by atoms with E-state index in [2.05, 4.69) is 5.32 Å². The summed E-state index contributed by atoms with van der Waals surface area (Å²) >= 11 is 0. The zero-order valence-corrected chi connectivity index (χ0v) is 16.8. The summed E-state index contributed by atoms with van der Waals surface area (Å²) in [6.07, 6.45) is -5.35. The second kappa shape index (κ2) is 8.52. The minimum absolute atomic E-state index is 0.0967. The Kier molecular flexibility index (Phi) is 6.40. The van der Waals surface area contributed by atoms with Gasteiger partial charge in [0.25, 0.3) is 0 Å². The van der Waals surface area contributed by atoms with E-state index in [-0.39, 0.29) is 24.9 Å². The van der Waals surface area contributed by atoms with Gasteiger partial charge in [0.15, 0.2) is 0 Å². The van der Waals surface area contributed by atoms with Gasteiger partial charge in [-0.2, -0.15) is 13.2 Å². The Labute approximate surface area is 172 Å². The van der Waals surface area contributed by atoms with Crippen LogP contribution in [0.2, 0.25) is 0 Å². The molecule has 2 bridgehead atoms. The number of nitrogens with one attached hydrogen (secondary N) is 1. The van der Waals surface area contributed by atoms with Gasteiger partial charge in [-0.3, -0.25) is 9.59 Å². The Balaban J connectivity index is 1.59. The third-order valence-electron chi connectivity index (χ3n) is 5.14. The number of alkyl halides is 3. The van der Waals surface area contributed by atoms with Crippen LogP contribution in [0, 0.1) is 5.41 Å². The maximum atomic E-state index is 13.1. The van der Waals surface area contributed by atoms with Crippen molar-refractivity contribution in [2.75, 3.05) is 26.4 Å². The van der Waals surface area contributed by atoms with Gasteiger partial charge in [0, 0.05) is 24.4 Å². The summed E-state index contributed by atoms with van der Waals surface area (Å²) < 4.78 is 55.9. The van der Waals surface area contributed by atoms with Crippen LogP contribution in [0.15, 0.2) is 30.3 Å². The van der Waals surface area contributed by atoms with Crippen LogP contribution in [0.4, 0.5) is 13.2 Å². The highest BCUT2D eigenvalue weighted by Gasteiger charge is 2.50. The van der Waals surface area contributed by atoms with E-state index in [4.69, 9.17) is 14.2 Å². The van der Waals surface area contributed by atoms with Crippen molar-refractivity contribution >= 4 is 11.8 Å². The van der Waals surface area contributed by atoms with Crippen molar-refractivity contribution in [3.8, 4) is 0 Å². The third kappa shape index (κ3) is 5.30. The monoisotopic (exact) mass is 430 g/mol. The van der Waals surface area contributed by atoms with E-state index < -0.39 is 30.0 Å². The van der Waals surface area contributed by atoms with E-state index in [1.807, 2.05) is 6.92 Å². The topological polar surface area (TPSA) is 77.1 Å². The number of hydrogen-bond acceptors (Lipinski definition) is 5. The van der Waals surface area contributed by atoms with Crippen molar-refractivity contribution in [1.82, 2.24) is 10.2 Å². The Hall–Kier alpha value is -2.17. The van der Waals surface area contributed by atoms with E-state index in [0.29, 0.717) is 30.3 Å². The van der Waals surface area contributed by atoms with Gasteiger partial charge in [-0.1, -0.05) is 37.3 Å². The molecule has 0 saturated carbocycles. The highest BCUT2D eigenvalue weighted by Crippen LogP contribution is 2.37. The van der Waals surface area contributed by atoms with Crippen molar-refractivity contribution in [1.29, 1.82) is 0 Å². The van der Waals surface area contributed by atoms with E-state index in [9.17, 15) is 22.8 Å². The highest BCUT2D eigenvalue weighted by molar-refractivity contribution is 5.83. The summed E-state index contributed by atoms with van der Waals surface area (Å²) in [7, 11) is 0. The number of ether oxygens (including phenoxy) is 3. The molecule has 0 spiro atoms. The molecule has 1 atom stereocenters. The summed E-state index contributed by atoms with van der Waals surface area (Å²) in [4.78, 5) is 25.0. The van der Waals surface area contributed by atoms with Gasteiger partial charge in [-0.25, -0.2) is 0 Å². The van der Waals surface area contributed by atoms with Gasteiger partial charge >= 0.3 is 18.1 Å². The first kappa shape index (κ1) is 22.5. The van der Waals surface area contributed by atoms with Crippen molar-refractivity contribution in [2.45, 2.75) is 45.0 Å². The van der Waals surface area contributed by atoms with Crippen LogP contribution in [-0.4, -0.2) is 61.3 Å². The van der Waals surface area contributed by atoms with Crippen LogP contribution < -0.4 is 5.32 Å². The predicted octanol–water partition coefficient (Wildman–Crippen LogP) is 2.21. The third-order valence-corrected chi connectivity index (χ3v) is 5.14. The number of carbonyl (C=O) groups excluding carboxylic acids is 2. The number of benzene rings is 1. The fourth-order valence-electron chi connectivity index (χ4n) is 3.28. The zero-order chi connectivity index (χ0) is 22.0. The van der Waals surface area contributed by atoms with Gasteiger partial charge in [0.1, 0.15) is 0 Å². The Morgan fingerprint density at radius 3 is 2.23 bits per heavy atom. The lowest BCUT2D eigenvalue weighted by Crippen LogP contribution is -2.63. The fraction of sp³-hybridized carbons (Fsp3) is 0.600. The van der Waals surface area contributed by atoms with Crippen molar-refractivity contribution in [3.63, 3.8) is 0 Å². The molecule has 7 nitrogen and oxygen atoms in total. The Morgan fingerprint density at radius 1 is 1.13 bits per heavy atom. The van der Waals surface area contributed by atoms with Crippen molar-refractivity contribution in [2.24, 2.45) is 5.41 Å². The first-order chi connectivity index (χ1) is 14.0. The molecular weight excluding hydrogens is 405 g/mol. The molecule has 0 aliphatic carbocycles. The molecular formula is C20H25F3N2O5. The van der Waals surface area contributed by atoms with Gasteiger partial charge in [0.2, 0.25) is 5.91 Å². The molecule has 3 aliphatic rings. The molecule has 2 amide bonds. The molecule has 4 rings (SSSR count). The maximum Gasteiger partial charge on any atom is 0.471 e. The molecule has 1 aromatic rings. The quantitative estimate of drug-likeness (QED) is 0.718. The molecule has 0 aromatic heterocycles. The smallest absolute Gasteiger partial charge is 0.348 e. The summed E-state index contributed by atoms with van der Waals surface area (Å²) in [6.45, 7) is 4.26. The lowest BCUT2D eigenvalue weighted by Gasteiger charge is -2.50. The Morgan fingerprint density at radius 2 is 1.70 bits per heavy atom. The number of carbonyl (C=O) groups is 2.